The largest absolute Gasteiger partial charge is 0.457 e. The van der Waals surface area contributed by atoms with Gasteiger partial charge in [-0.2, -0.15) is 0 Å². The molecule has 0 radical (unpaired) electrons. The molecule has 0 bridgehead atoms. The van der Waals surface area contributed by atoms with Crippen molar-refractivity contribution in [2.75, 3.05) is 31.1 Å². The number of para-hydroxylation sites is 1. The van der Waals surface area contributed by atoms with Crippen LogP contribution in [0.25, 0.3) is 5.82 Å². The quantitative estimate of drug-likeness (QED) is 0.453. The number of ether oxygens (including phenoxy) is 1. The molecule has 0 spiro atoms. The molecule has 1 aliphatic rings. The van der Waals surface area contributed by atoms with E-state index in [1.807, 2.05) is 84.0 Å². The molecule has 8 nitrogen and oxygen atoms in total. The molecular weight excluding hydrogens is 428 g/mol. The van der Waals surface area contributed by atoms with Crippen molar-refractivity contribution in [1.82, 2.24) is 24.4 Å². The molecule has 0 aliphatic carbocycles. The van der Waals surface area contributed by atoms with Gasteiger partial charge in [-0.05, 0) is 50.2 Å². The zero-order chi connectivity index (χ0) is 23.5. The summed E-state index contributed by atoms with van der Waals surface area (Å²) in [6.07, 6.45) is 3.36. The molecule has 2 aromatic carbocycles. The highest BCUT2D eigenvalue weighted by Crippen LogP contribution is 2.23. The van der Waals surface area contributed by atoms with Crippen molar-refractivity contribution in [3.05, 3.63) is 90.3 Å². The van der Waals surface area contributed by atoms with E-state index in [1.165, 1.54) is 0 Å². The van der Waals surface area contributed by atoms with Gasteiger partial charge in [0.05, 0.1) is 5.69 Å². The maximum atomic E-state index is 13.0. The van der Waals surface area contributed by atoms with Gasteiger partial charge in [-0.1, -0.05) is 18.2 Å². The maximum absolute atomic E-state index is 13.0. The number of benzene rings is 2. The van der Waals surface area contributed by atoms with Crippen LogP contribution in [-0.2, 0) is 0 Å². The van der Waals surface area contributed by atoms with E-state index in [0.717, 1.165) is 28.8 Å². The number of nitrogens with zero attached hydrogens (tertiary/aromatic N) is 6. The fourth-order valence-corrected chi connectivity index (χ4v) is 3.98. The van der Waals surface area contributed by atoms with Crippen LogP contribution in [0.15, 0.2) is 73.3 Å². The highest BCUT2D eigenvalue weighted by Gasteiger charge is 2.23. The minimum Gasteiger partial charge on any atom is -0.457 e. The Morgan fingerprint density at radius 1 is 0.824 bits per heavy atom. The van der Waals surface area contributed by atoms with E-state index in [9.17, 15) is 4.79 Å². The molecule has 0 N–H and O–H groups in total. The Hall–Kier alpha value is -4.20. The summed E-state index contributed by atoms with van der Waals surface area (Å²) in [6, 6.07) is 18.9. The van der Waals surface area contributed by atoms with Crippen molar-refractivity contribution in [2.45, 2.75) is 13.8 Å². The van der Waals surface area contributed by atoms with Crippen LogP contribution in [0.2, 0.25) is 0 Å². The standard InChI is InChI=1S/C26H26N6O2/c1-19-20(2)32(18-29-19)25-16-24(27-17-28-25)30-12-14-31(15-13-30)26(33)21-8-10-23(11-9-21)34-22-6-4-3-5-7-22/h3-11,16-18H,12-15H2,1-2H3. The number of carbonyl (C=O) groups is 1. The summed E-state index contributed by atoms with van der Waals surface area (Å²) in [5.41, 5.74) is 2.69. The number of aryl methyl sites for hydroxylation is 1. The van der Waals surface area contributed by atoms with E-state index < -0.39 is 0 Å². The smallest absolute Gasteiger partial charge is 0.253 e. The van der Waals surface area contributed by atoms with Crippen LogP contribution in [0.5, 0.6) is 11.5 Å². The molecule has 8 heteroatoms. The number of carbonyl (C=O) groups excluding carboxylic acids is 1. The van der Waals surface area contributed by atoms with E-state index in [1.54, 1.807) is 12.7 Å². The highest BCUT2D eigenvalue weighted by atomic mass is 16.5. The van der Waals surface area contributed by atoms with Gasteiger partial charge >= 0.3 is 0 Å². The molecule has 1 saturated heterocycles. The number of hydrogen-bond acceptors (Lipinski definition) is 6. The normalized spacial score (nSPS) is 13.7. The van der Waals surface area contributed by atoms with Gasteiger partial charge in [-0.3, -0.25) is 9.36 Å². The van der Waals surface area contributed by atoms with Crippen LogP contribution in [0.3, 0.4) is 0 Å². The van der Waals surface area contributed by atoms with Gasteiger partial charge in [0.25, 0.3) is 5.91 Å². The lowest BCUT2D eigenvalue weighted by molar-refractivity contribution is 0.0746. The van der Waals surface area contributed by atoms with Gasteiger partial charge in [0.1, 0.15) is 35.8 Å². The third kappa shape index (κ3) is 4.47. The monoisotopic (exact) mass is 454 g/mol. The molecular formula is C26H26N6O2. The first-order valence-corrected chi connectivity index (χ1v) is 11.3. The molecule has 0 atom stereocenters. The average Bonchev–Trinajstić information content (AvgIpc) is 3.23. The lowest BCUT2D eigenvalue weighted by Gasteiger charge is -2.35. The molecule has 3 heterocycles. The first-order chi connectivity index (χ1) is 16.6. The number of anilines is 1. The highest BCUT2D eigenvalue weighted by molar-refractivity contribution is 5.94. The Kier molecular flexibility index (Phi) is 5.95. The van der Waals surface area contributed by atoms with Crippen LogP contribution < -0.4 is 9.64 Å². The first-order valence-electron chi connectivity index (χ1n) is 11.3. The number of piperazine rings is 1. The van der Waals surface area contributed by atoms with Crippen LogP contribution in [0, 0.1) is 13.8 Å². The van der Waals surface area contributed by atoms with Crippen LogP contribution >= 0.6 is 0 Å². The van der Waals surface area contributed by atoms with Crippen molar-refractivity contribution in [1.29, 1.82) is 0 Å². The van der Waals surface area contributed by atoms with Gasteiger partial charge < -0.3 is 14.5 Å². The second-order valence-corrected chi connectivity index (χ2v) is 8.24. The van der Waals surface area contributed by atoms with Gasteiger partial charge in [0.15, 0.2) is 0 Å². The van der Waals surface area contributed by atoms with E-state index in [2.05, 4.69) is 19.9 Å². The maximum Gasteiger partial charge on any atom is 0.253 e. The molecule has 0 saturated carbocycles. The third-order valence-electron chi connectivity index (χ3n) is 6.11. The van der Waals surface area contributed by atoms with E-state index in [0.29, 0.717) is 37.5 Å². The van der Waals surface area contributed by atoms with Crippen molar-refractivity contribution < 1.29 is 9.53 Å². The van der Waals surface area contributed by atoms with E-state index in [-0.39, 0.29) is 5.91 Å². The van der Waals surface area contributed by atoms with Crippen LogP contribution in [-0.4, -0.2) is 56.5 Å². The molecule has 1 aliphatic heterocycles. The Bertz CT molecular complexity index is 1280. The molecule has 1 amide bonds. The number of hydrogen-bond donors (Lipinski definition) is 0. The Balaban J connectivity index is 1.21. The minimum atomic E-state index is 0.0267. The topological polar surface area (TPSA) is 76.4 Å². The van der Waals surface area contributed by atoms with Crippen molar-refractivity contribution in [3.63, 3.8) is 0 Å². The SMILES string of the molecule is Cc1ncn(-c2cc(N3CCN(C(=O)c4ccc(Oc5ccccc5)cc4)CC3)ncn2)c1C. The minimum absolute atomic E-state index is 0.0267. The summed E-state index contributed by atoms with van der Waals surface area (Å²) in [5, 5.41) is 0. The fourth-order valence-electron chi connectivity index (χ4n) is 3.98. The molecule has 4 aromatic rings. The second-order valence-electron chi connectivity index (χ2n) is 8.24. The molecule has 1 fully saturated rings. The summed E-state index contributed by atoms with van der Waals surface area (Å²) < 4.78 is 7.79. The van der Waals surface area contributed by atoms with E-state index in [4.69, 9.17) is 4.74 Å². The zero-order valence-electron chi connectivity index (χ0n) is 19.3. The predicted molar refractivity (Wildman–Crippen MR) is 130 cm³/mol. The number of rotatable bonds is 5. The zero-order valence-corrected chi connectivity index (χ0v) is 19.3. The van der Waals surface area contributed by atoms with E-state index >= 15 is 0 Å². The fraction of sp³-hybridized carbons (Fsp3) is 0.231. The molecule has 0 unspecified atom stereocenters. The molecule has 5 rings (SSSR count). The lowest BCUT2D eigenvalue weighted by atomic mass is 10.1. The van der Waals surface area contributed by atoms with Gasteiger partial charge in [-0.25, -0.2) is 15.0 Å². The van der Waals surface area contributed by atoms with Crippen LogP contribution in [0.1, 0.15) is 21.7 Å². The van der Waals surface area contributed by atoms with Gasteiger partial charge in [0, 0.05) is 43.5 Å². The Morgan fingerprint density at radius 2 is 1.50 bits per heavy atom. The van der Waals surface area contributed by atoms with Crippen molar-refractivity contribution in [3.8, 4) is 17.3 Å². The van der Waals surface area contributed by atoms with Crippen LogP contribution in [0.4, 0.5) is 5.82 Å². The average molecular weight is 455 g/mol. The number of amides is 1. The van der Waals surface area contributed by atoms with Gasteiger partial charge in [0.2, 0.25) is 0 Å². The third-order valence-corrected chi connectivity index (χ3v) is 6.11. The molecule has 34 heavy (non-hydrogen) atoms. The number of imidazole rings is 1. The van der Waals surface area contributed by atoms with Crippen molar-refractivity contribution >= 4 is 11.7 Å². The Morgan fingerprint density at radius 3 is 2.18 bits per heavy atom. The summed E-state index contributed by atoms with van der Waals surface area (Å²) >= 11 is 0. The van der Waals surface area contributed by atoms with Crippen molar-refractivity contribution in [2.24, 2.45) is 0 Å². The molecule has 172 valence electrons. The Labute approximate surface area is 198 Å². The first kappa shape index (κ1) is 21.6. The molecule has 2 aromatic heterocycles. The summed E-state index contributed by atoms with van der Waals surface area (Å²) in [5.74, 6) is 3.14. The predicted octanol–water partition coefficient (Wildman–Crippen LogP) is 4.03. The summed E-state index contributed by atoms with van der Waals surface area (Å²) in [6.45, 7) is 6.68. The summed E-state index contributed by atoms with van der Waals surface area (Å²) in [7, 11) is 0. The number of aromatic nitrogens is 4. The second kappa shape index (κ2) is 9.35. The lowest BCUT2D eigenvalue weighted by Crippen LogP contribution is -2.49. The van der Waals surface area contributed by atoms with Gasteiger partial charge in [-0.15, -0.1) is 0 Å². The summed E-state index contributed by atoms with van der Waals surface area (Å²) in [4.78, 5) is 30.3.